The summed E-state index contributed by atoms with van der Waals surface area (Å²) in [6, 6.07) is 13.7. The van der Waals surface area contributed by atoms with Crippen LogP contribution in [-0.2, 0) is 4.79 Å². The van der Waals surface area contributed by atoms with Crippen LogP contribution in [0.4, 0.5) is 4.79 Å². The van der Waals surface area contributed by atoms with E-state index in [9.17, 15) is 9.59 Å². The lowest BCUT2D eigenvalue weighted by atomic mass is 10.3. The van der Waals surface area contributed by atoms with Crippen molar-refractivity contribution in [3.8, 4) is 5.69 Å². The number of rotatable bonds is 3. The van der Waals surface area contributed by atoms with Crippen LogP contribution < -0.4 is 0 Å². The highest BCUT2D eigenvalue weighted by molar-refractivity contribution is 8.18. The molecule has 3 rings (SSSR count). The first-order valence-corrected chi connectivity index (χ1v) is 7.50. The number of nitrogens with zero attached hydrogens (tertiary/aromatic N) is 2. The third-order valence-electron chi connectivity index (χ3n) is 3.28. The summed E-state index contributed by atoms with van der Waals surface area (Å²) in [5.74, 6) is -0.215. The maximum atomic E-state index is 12.1. The third kappa shape index (κ3) is 2.52. The lowest BCUT2D eigenvalue weighted by Crippen LogP contribution is -2.27. The first kappa shape index (κ1) is 13.7. The van der Waals surface area contributed by atoms with Crippen LogP contribution in [0, 0.1) is 0 Å². The summed E-state index contributed by atoms with van der Waals surface area (Å²) in [7, 11) is 0. The van der Waals surface area contributed by atoms with E-state index in [1.807, 2.05) is 53.2 Å². The lowest BCUT2D eigenvalue weighted by Gasteiger charge is -2.08. The normalized spacial score (nSPS) is 17.0. The molecule has 0 N–H and O–H groups in total. The molecule has 0 saturated carbocycles. The lowest BCUT2D eigenvalue weighted by molar-refractivity contribution is -0.122. The second-order valence-corrected chi connectivity index (χ2v) is 5.56. The molecule has 0 unspecified atom stereocenters. The van der Waals surface area contributed by atoms with Gasteiger partial charge in [0.2, 0.25) is 0 Å². The Bertz CT molecular complexity index is 719. The minimum absolute atomic E-state index is 0.202. The van der Waals surface area contributed by atoms with Gasteiger partial charge in [-0.25, -0.2) is 0 Å². The zero-order valence-electron chi connectivity index (χ0n) is 11.5. The van der Waals surface area contributed by atoms with Gasteiger partial charge in [-0.1, -0.05) is 18.2 Å². The van der Waals surface area contributed by atoms with Crippen molar-refractivity contribution in [3.63, 3.8) is 0 Å². The van der Waals surface area contributed by atoms with E-state index in [2.05, 4.69) is 0 Å². The number of aromatic nitrogens is 1. The van der Waals surface area contributed by atoms with Gasteiger partial charge in [-0.2, -0.15) is 0 Å². The number of hydrogen-bond donors (Lipinski definition) is 0. The molecule has 0 bridgehead atoms. The first-order valence-electron chi connectivity index (χ1n) is 6.69. The molecule has 4 nitrogen and oxygen atoms in total. The fraction of sp³-hybridized carbons (Fsp3) is 0.125. The summed E-state index contributed by atoms with van der Waals surface area (Å²) in [6.45, 7) is 2.20. The third-order valence-corrected chi connectivity index (χ3v) is 4.19. The molecule has 21 heavy (non-hydrogen) atoms. The fourth-order valence-corrected chi connectivity index (χ4v) is 3.13. The second kappa shape index (κ2) is 5.61. The highest BCUT2D eigenvalue weighted by Gasteiger charge is 2.33. The number of thioether (sulfide) groups is 1. The van der Waals surface area contributed by atoms with E-state index in [1.165, 1.54) is 4.90 Å². The van der Waals surface area contributed by atoms with Gasteiger partial charge in [0, 0.05) is 24.1 Å². The summed E-state index contributed by atoms with van der Waals surface area (Å²) in [5.41, 5.74) is 1.89. The molecule has 2 amide bonds. The predicted molar refractivity (Wildman–Crippen MR) is 84.1 cm³/mol. The van der Waals surface area contributed by atoms with Crippen molar-refractivity contribution in [1.82, 2.24) is 9.47 Å². The smallest absolute Gasteiger partial charge is 0.293 e. The molecule has 0 atom stereocenters. The number of carbonyl (C=O) groups is 2. The number of likely N-dealkylation sites (N-methyl/N-ethyl adjacent to an activating group) is 1. The molecule has 106 valence electrons. The SMILES string of the molecule is CCN1C(=O)S/C(=C\c2cccn2-c2ccccc2)C1=O. The van der Waals surface area contributed by atoms with Crippen LogP contribution in [-0.4, -0.2) is 27.2 Å². The van der Waals surface area contributed by atoms with Crippen molar-refractivity contribution in [2.45, 2.75) is 6.92 Å². The van der Waals surface area contributed by atoms with Crippen LogP contribution in [0.1, 0.15) is 12.6 Å². The van der Waals surface area contributed by atoms with Gasteiger partial charge in [0.15, 0.2) is 0 Å². The van der Waals surface area contributed by atoms with Crippen molar-refractivity contribution in [2.24, 2.45) is 0 Å². The summed E-state index contributed by atoms with van der Waals surface area (Å²) < 4.78 is 1.99. The van der Waals surface area contributed by atoms with Crippen molar-refractivity contribution in [1.29, 1.82) is 0 Å². The van der Waals surface area contributed by atoms with Crippen LogP contribution in [0.25, 0.3) is 11.8 Å². The van der Waals surface area contributed by atoms with Gasteiger partial charge in [-0.3, -0.25) is 14.5 Å². The van der Waals surface area contributed by atoms with Crippen molar-refractivity contribution < 1.29 is 9.59 Å². The number of imide groups is 1. The minimum atomic E-state index is -0.215. The second-order valence-electron chi connectivity index (χ2n) is 4.56. The predicted octanol–water partition coefficient (Wildman–Crippen LogP) is 3.53. The molecule has 1 aliphatic rings. The Hall–Kier alpha value is -2.27. The average Bonchev–Trinajstić information content (AvgIpc) is 3.06. The Morgan fingerprint density at radius 2 is 1.86 bits per heavy atom. The Balaban J connectivity index is 1.97. The van der Waals surface area contributed by atoms with Gasteiger partial charge in [0.05, 0.1) is 4.91 Å². The molecule has 0 spiro atoms. The molecule has 1 aliphatic heterocycles. The van der Waals surface area contributed by atoms with Gasteiger partial charge in [0.25, 0.3) is 11.1 Å². The van der Waals surface area contributed by atoms with Crippen molar-refractivity contribution in [3.05, 3.63) is 59.3 Å². The highest BCUT2D eigenvalue weighted by atomic mass is 32.2. The zero-order valence-corrected chi connectivity index (χ0v) is 12.3. The van der Waals surface area contributed by atoms with Crippen LogP contribution >= 0.6 is 11.8 Å². The van der Waals surface area contributed by atoms with E-state index in [-0.39, 0.29) is 11.1 Å². The van der Waals surface area contributed by atoms with Gasteiger partial charge >= 0.3 is 0 Å². The largest absolute Gasteiger partial charge is 0.317 e. The number of benzene rings is 1. The number of para-hydroxylation sites is 1. The molecule has 0 aliphatic carbocycles. The molecule has 1 saturated heterocycles. The summed E-state index contributed by atoms with van der Waals surface area (Å²) in [4.78, 5) is 25.6. The van der Waals surface area contributed by atoms with E-state index in [0.29, 0.717) is 11.4 Å². The van der Waals surface area contributed by atoms with Crippen LogP contribution in [0.5, 0.6) is 0 Å². The molecule has 2 aromatic rings. The molecular weight excluding hydrogens is 284 g/mol. The Kier molecular flexibility index (Phi) is 3.66. The molecule has 0 radical (unpaired) electrons. The molecule has 1 fully saturated rings. The highest BCUT2D eigenvalue weighted by Crippen LogP contribution is 2.32. The zero-order chi connectivity index (χ0) is 14.8. The van der Waals surface area contributed by atoms with E-state index >= 15 is 0 Å². The quantitative estimate of drug-likeness (QED) is 0.814. The van der Waals surface area contributed by atoms with Crippen molar-refractivity contribution in [2.75, 3.05) is 6.54 Å². The topological polar surface area (TPSA) is 42.3 Å². The standard InChI is InChI=1S/C16H14N2O2S/c1-2-17-15(19)14(21-16(17)20)11-13-9-6-10-18(13)12-7-4-3-5-8-12/h3-11H,2H2,1H3/b14-11-. The maximum absolute atomic E-state index is 12.1. The summed E-state index contributed by atoms with van der Waals surface area (Å²) in [5, 5.41) is -0.202. The summed E-state index contributed by atoms with van der Waals surface area (Å²) >= 11 is 0.994. The molecule has 5 heteroatoms. The van der Waals surface area contributed by atoms with Crippen LogP contribution in [0.3, 0.4) is 0 Å². The van der Waals surface area contributed by atoms with E-state index in [0.717, 1.165) is 23.1 Å². The number of carbonyl (C=O) groups excluding carboxylic acids is 2. The molecule has 1 aromatic carbocycles. The maximum Gasteiger partial charge on any atom is 0.293 e. The minimum Gasteiger partial charge on any atom is -0.317 e. The molecular formula is C16H14N2O2S. The van der Waals surface area contributed by atoms with E-state index in [4.69, 9.17) is 0 Å². The van der Waals surface area contributed by atoms with Crippen LogP contribution in [0.2, 0.25) is 0 Å². The Labute approximate surface area is 127 Å². The summed E-state index contributed by atoms with van der Waals surface area (Å²) in [6.07, 6.45) is 3.71. The van der Waals surface area contributed by atoms with Crippen molar-refractivity contribution >= 4 is 29.0 Å². The Morgan fingerprint density at radius 1 is 1.10 bits per heavy atom. The van der Waals surface area contributed by atoms with E-state index in [1.54, 1.807) is 13.0 Å². The first-order chi connectivity index (χ1) is 10.2. The molecule has 2 heterocycles. The average molecular weight is 298 g/mol. The number of amides is 2. The Morgan fingerprint density at radius 3 is 2.52 bits per heavy atom. The van der Waals surface area contributed by atoms with Gasteiger partial charge in [-0.05, 0) is 49.0 Å². The van der Waals surface area contributed by atoms with Crippen LogP contribution in [0.15, 0.2) is 53.6 Å². The monoisotopic (exact) mass is 298 g/mol. The van der Waals surface area contributed by atoms with Gasteiger partial charge < -0.3 is 4.57 Å². The molecule has 1 aromatic heterocycles. The van der Waals surface area contributed by atoms with E-state index < -0.39 is 0 Å². The van der Waals surface area contributed by atoms with Gasteiger partial charge in [-0.15, -0.1) is 0 Å². The fourth-order valence-electron chi connectivity index (χ4n) is 2.24. The number of hydrogen-bond acceptors (Lipinski definition) is 3. The van der Waals surface area contributed by atoms with Gasteiger partial charge in [0.1, 0.15) is 0 Å².